The SMILES string of the molecule is Cc1c(NC(=O)CCCCC2C3NC(=O)NC3CS2(=O)=O)cccc1-n1cnnn1. The lowest BCUT2D eigenvalue weighted by Crippen LogP contribution is -2.39. The van der Waals surface area contributed by atoms with Crippen LogP contribution >= 0.6 is 0 Å². The number of sulfone groups is 1. The number of anilines is 1. The summed E-state index contributed by atoms with van der Waals surface area (Å²) in [7, 11) is -3.25. The smallest absolute Gasteiger partial charge is 0.315 e. The van der Waals surface area contributed by atoms with Crippen LogP contribution in [-0.2, 0) is 14.6 Å². The highest BCUT2D eigenvalue weighted by Crippen LogP contribution is 2.28. The third-order valence-electron chi connectivity index (χ3n) is 5.64. The maximum atomic E-state index is 12.4. The van der Waals surface area contributed by atoms with Gasteiger partial charge in [0.15, 0.2) is 9.84 Å². The zero-order valence-corrected chi connectivity index (χ0v) is 17.2. The highest BCUT2D eigenvalue weighted by molar-refractivity contribution is 7.92. The van der Waals surface area contributed by atoms with Gasteiger partial charge in [-0.25, -0.2) is 17.9 Å². The van der Waals surface area contributed by atoms with E-state index in [-0.39, 0.29) is 36.2 Å². The number of tetrazole rings is 1. The summed E-state index contributed by atoms with van der Waals surface area (Å²) in [5.74, 6) is -0.173. The molecule has 160 valence electrons. The minimum absolute atomic E-state index is 0.0293. The molecular formula is C18H23N7O4S. The van der Waals surface area contributed by atoms with Crippen molar-refractivity contribution in [3.63, 3.8) is 0 Å². The monoisotopic (exact) mass is 433 g/mol. The number of carbonyl (C=O) groups excluding carboxylic acids is 2. The van der Waals surface area contributed by atoms with E-state index >= 15 is 0 Å². The number of aromatic nitrogens is 4. The van der Waals surface area contributed by atoms with Crippen molar-refractivity contribution in [3.8, 4) is 5.69 Å². The van der Waals surface area contributed by atoms with E-state index in [4.69, 9.17) is 0 Å². The number of amides is 3. The van der Waals surface area contributed by atoms with Gasteiger partial charge in [-0.15, -0.1) is 5.10 Å². The molecule has 3 atom stereocenters. The summed E-state index contributed by atoms with van der Waals surface area (Å²) in [5, 5.41) is 18.8. The molecule has 1 aromatic carbocycles. The Morgan fingerprint density at radius 1 is 1.30 bits per heavy atom. The van der Waals surface area contributed by atoms with Crippen molar-refractivity contribution >= 4 is 27.5 Å². The molecule has 3 amide bonds. The van der Waals surface area contributed by atoms with Crippen molar-refractivity contribution in [3.05, 3.63) is 30.1 Å². The van der Waals surface area contributed by atoms with Crippen molar-refractivity contribution in [1.29, 1.82) is 0 Å². The van der Waals surface area contributed by atoms with E-state index in [0.29, 0.717) is 24.9 Å². The van der Waals surface area contributed by atoms with Crippen LogP contribution in [0.25, 0.3) is 5.69 Å². The molecule has 0 saturated carbocycles. The summed E-state index contributed by atoms with van der Waals surface area (Å²) in [4.78, 5) is 23.8. The number of hydrogen-bond acceptors (Lipinski definition) is 7. The van der Waals surface area contributed by atoms with E-state index < -0.39 is 15.1 Å². The minimum atomic E-state index is -3.25. The largest absolute Gasteiger partial charge is 0.332 e. The summed E-state index contributed by atoms with van der Waals surface area (Å²) in [6.45, 7) is 1.87. The molecule has 1 aromatic heterocycles. The minimum Gasteiger partial charge on any atom is -0.332 e. The molecule has 2 saturated heterocycles. The molecule has 0 spiro atoms. The summed E-state index contributed by atoms with van der Waals surface area (Å²) in [6.07, 6.45) is 3.33. The van der Waals surface area contributed by atoms with Gasteiger partial charge in [0.05, 0.1) is 28.8 Å². The quantitative estimate of drug-likeness (QED) is 0.420. The number of carbonyl (C=O) groups is 2. The molecule has 12 heteroatoms. The maximum Gasteiger partial charge on any atom is 0.315 e. The molecule has 4 rings (SSSR count). The molecule has 3 N–H and O–H groups in total. The second kappa shape index (κ2) is 8.01. The van der Waals surface area contributed by atoms with Gasteiger partial charge < -0.3 is 16.0 Å². The van der Waals surface area contributed by atoms with Crippen LogP contribution in [0.5, 0.6) is 0 Å². The normalized spacial score (nSPS) is 24.2. The molecule has 3 unspecified atom stereocenters. The van der Waals surface area contributed by atoms with E-state index in [1.807, 2.05) is 25.1 Å². The molecule has 2 fully saturated rings. The summed E-state index contributed by atoms with van der Waals surface area (Å²) in [6, 6.07) is 4.42. The first kappa shape index (κ1) is 20.3. The molecule has 2 aliphatic heterocycles. The second-order valence-electron chi connectivity index (χ2n) is 7.62. The van der Waals surface area contributed by atoms with Crippen molar-refractivity contribution < 1.29 is 18.0 Å². The summed E-state index contributed by atoms with van der Waals surface area (Å²) < 4.78 is 26.2. The van der Waals surface area contributed by atoms with Gasteiger partial charge in [0.25, 0.3) is 0 Å². The molecule has 3 heterocycles. The van der Waals surface area contributed by atoms with Gasteiger partial charge in [0, 0.05) is 12.1 Å². The number of hydrogen-bond donors (Lipinski definition) is 3. The predicted octanol–water partition coefficient (Wildman–Crippen LogP) is 0.317. The van der Waals surface area contributed by atoms with Gasteiger partial charge in [-0.3, -0.25) is 4.79 Å². The van der Waals surface area contributed by atoms with Crippen LogP contribution in [0.15, 0.2) is 24.5 Å². The van der Waals surface area contributed by atoms with E-state index in [1.165, 1.54) is 11.0 Å². The third kappa shape index (κ3) is 3.99. The highest BCUT2D eigenvalue weighted by atomic mass is 32.2. The fourth-order valence-corrected chi connectivity index (χ4v) is 6.40. The van der Waals surface area contributed by atoms with Gasteiger partial charge >= 0.3 is 6.03 Å². The van der Waals surface area contributed by atoms with E-state index in [0.717, 1.165) is 11.3 Å². The molecule has 0 aliphatic carbocycles. The van der Waals surface area contributed by atoms with Crippen LogP contribution in [-0.4, -0.2) is 63.6 Å². The lowest BCUT2D eigenvalue weighted by molar-refractivity contribution is -0.116. The Kier molecular flexibility index (Phi) is 5.41. The number of nitrogens with one attached hydrogen (secondary N) is 3. The second-order valence-corrected chi connectivity index (χ2v) is 9.88. The number of fused-ring (bicyclic) bond motifs is 1. The Bertz CT molecular complexity index is 1050. The van der Waals surface area contributed by atoms with Crippen LogP contribution in [0.1, 0.15) is 31.2 Å². The average Bonchev–Trinajstić information content (AvgIpc) is 3.37. The first-order valence-electron chi connectivity index (χ1n) is 9.76. The molecule has 30 heavy (non-hydrogen) atoms. The van der Waals surface area contributed by atoms with Gasteiger partial charge in [0.1, 0.15) is 6.33 Å². The maximum absolute atomic E-state index is 12.4. The van der Waals surface area contributed by atoms with Crippen LogP contribution < -0.4 is 16.0 Å². The summed E-state index contributed by atoms with van der Waals surface area (Å²) in [5.41, 5.74) is 2.28. The number of urea groups is 1. The van der Waals surface area contributed by atoms with E-state index in [2.05, 4.69) is 31.5 Å². The average molecular weight is 433 g/mol. The molecular weight excluding hydrogens is 410 g/mol. The topological polar surface area (TPSA) is 148 Å². The lowest BCUT2D eigenvalue weighted by Gasteiger charge is -2.16. The van der Waals surface area contributed by atoms with Crippen LogP contribution in [0, 0.1) is 6.92 Å². The molecule has 11 nitrogen and oxygen atoms in total. The van der Waals surface area contributed by atoms with Gasteiger partial charge in [-0.1, -0.05) is 12.5 Å². The fraction of sp³-hybridized carbons (Fsp3) is 0.500. The Balaban J connectivity index is 1.29. The number of nitrogens with zero attached hydrogens (tertiary/aromatic N) is 4. The van der Waals surface area contributed by atoms with Crippen LogP contribution in [0.3, 0.4) is 0 Å². The molecule has 0 radical (unpaired) electrons. The molecule has 2 aromatic rings. The lowest BCUT2D eigenvalue weighted by atomic mass is 10.0. The number of unbranched alkanes of at least 4 members (excludes halogenated alkanes) is 1. The highest BCUT2D eigenvalue weighted by Gasteiger charge is 2.51. The van der Waals surface area contributed by atoms with Crippen molar-refractivity contribution in [2.75, 3.05) is 11.1 Å². The van der Waals surface area contributed by atoms with Crippen molar-refractivity contribution in [1.82, 2.24) is 30.8 Å². The zero-order chi connectivity index (χ0) is 21.3. The van der Waals surface area contributed by atoms with E-state index in [1.54, 1.807) is 0 Å². The fourth-order valence-electron chi connectivity index (χ4n) is 4.13. The zero-order valence-electron chi connectivity index (χ0n) is 16.4. The van der Waals surface area contributed by atoms with Gasteiger partial charge in [0.2, 0.25) is 5.91 Å². The summed E-state index contributed by atoms with van der Waals surface area (Å²) >= 11 is 0. The van der Waals surface area contributed by atoms with Crippen LogP contribution in [0.4, 0.5) is 10.5 Å². The van der Waals surface area contributed by atoms with E-state index in [9.17, 15) is 18.0 Å². The van der Waals surface area contributed by atoms with Crippen molar-refractivity contribution in [2.24, 2.45) is 0 Å². The molecule has 0 bridgehead atoms. The Hall–Kier alpha value is -3.02. The first-order valence-corrected chi connectivity index (χ1v) is 11.5. The van der Waals surface area contributed by atoms with Crippen molar-refractivity contribution in [2.45, 2.75) is 49.9 Å². The predicted molar refractivity (Wildman–Crippen MR) is 108 cm³/mol. The number of rotatable bonds is 7. The molecule has 2 aliphatic rings. The van der Waals surface area contributed by atoms with Crippen LogP contribution in [0.2, 0.25) is 0 Å². The standard InChI is InChI=1S/C18H23N7O4S/c1-11-12(5-4-6-14(11)25-10-19-23-24-25)20-16(26)8-3-2-7-15-17-13(9-30(15,28)29)21-18(27)22-17/h4-6,10,13,15,17H,2-3,7-9H2,1H3,(H,20,26)(H2,21,22,27). The third-order valence-corrected chi connectivity index (χ3v) is 7.91. The number of benzene rings is 1. The Morgan fingerprint density at radius 2 is 2.13 bits per heavy atom. The van der Waals surface area contributed by atoms with Gasteiger partial charge in [-0.2, -0.15) is 0 Å². The van der Waals surface area contributed by atoms with Gasteiger partial charge in [-0.05, 0) is 47.9 Å². The first-order chi connectivity index (χ1) is 14.3. The Morgan fingerprint density at radius 3 is 2.90 bits per heavy atom. The Labute approximate surface area is 173 Å².